The van der Waals surface area contributed by atoms with E-state index in [4.69, 9.17) is 37.4 Å². The van der Waals surface area contributed by atoms with Gasteiger partial charge in [-0.05, 0) is 0 Å². The van der Waals surface area contributed by atoms with Gasteiger partial charge in [0, 0.05) is 20.8 Å². The predicted octanol–water partition coefficient (Wildman–Crippen LogP) is 0.372. The minimum absolute atomic E-state index is 0.158. The van der Waals surface area contributed by atoms with E-state index in [9.17, 15) is 19.5 Å². The van der Waals surface area contributed by atoms with Crippen molar-refractivity contribution in [2.45, 2.75) is 50.2 Å². The van der Waals surface area contributed by atoms with Crippen LogP contribution in [-0.2, 0) is 28.6 Å². The van der Waals surface area contributed by atoms with Gasteiger partial charge in [0.25, 0.3) is 5.79 Å². The van der Waals surface area contributed by atoms with Gasteiger partial charge in [-0.25, -0.2) is 0 Å². The largest absolute Gasteiger partial charge is 0.457 e. The number of esters is 2. The Morgan fingerprint density at radius 1 is 1.19 bits per heavy atom. The maximum atomic E-state index is 11.7. The number of Topliss-reactive ketones (excluding diaryl/α,β-unsaturated/α-hetero) is 1. The first-order valence-corrected chi connectivity index (χ1v) is 7.06. The Balaban J connectivity index is 3.25. The van der Waals surface area contributed by atoms with Crippen LogP contribution in [0.5, 0.6) is 0 Å². The molecule has 0 radical (unpaired) electrons. The van der Waals surface area contributed by atoms with Crippen molar-refractivity contribution in [3.8, 4) is 0 Å². The number of ketones is 1. The van der Waals surface area contributed by atoms with E-state index >= 15 is 0 Å². The lowest BCUT2D eigenvalue weighted by atomic mass is 9.92. The zero-order chi connectivity index (χ0) is 16.4. The minimum Gasteiger partial charge on any atom is -0.457 e. The molecule has 0 aromatic heterocycles. The first kappa shape index (κ1) is 18.2. The number of rotatable bonds is 4. The summed E-state index contributed by atoms with van der Waals surface area (Å²) in [5.41, 5.74) is 0. The van der Waals surface area contributed by atoms with Crippen LogP contribution in [0.1, 0.15) is 20.8 Å². The number of carbonyl (C=O) groups is 3. The van der Waals surface area contributed by atoms with Crippen molar-refractivity contribution in [1.82, 2.24) is 0 Å². The Morgan fingerprint density at radius 2 is 1.71 bits per heavy atom. The van der Waals surface area contributed by atoms with Crippen LogP contribution in [0, 0.1) is 0 Å². The number of ether oxygens (including phenoxy) is 3. The van der Waals surface area contributed by atoms with E-state index in [1.165, 1.54) is 0 Å². The Kier molecular flexibility index (Phi) is 5.98. The standard InChI is InChI=1S/C12H16Cl2O7/c1-5(15)12(18)11(20-7(3)17)10(19-6(2)16)9(14)8(4-13)21-12/h8-11,18H,4H2,1-3H3/t8-,9+,10+,11-,12?/m1/s1. The van der Waals surface area contributed by atoms with Gasteiger partial charge in [-0.1, -0.05) is 0 Å². The zero-order valence-electron chi connectivity index (χ0n) is 11.7. The van der Waals surface area contributed by atoms with Crippen molar-refractivity contribution in [3.63, 3.8) is 0 Å². The second-order valence-electron chi connectivity index (χ2n) is 4.61. The Labute approximate surface area is 131 Å². The smallest absolute Gasteiger partial charge is 0.303 e. The first-order valence-electron chi connectivity index (χ1n) is 6.09. The lowest BCUT2D eigenvalue weighted by Gasteiger charge is -2.46. The van der Waals surface area contributed by atoms with Gasteiger partial charge in [-0.3, -0.25) is 14.4 Å². The van der Waals surface area contributed by atoms with E-state index < -0.39 is 47.2 Å². The van der Waals surface area contributed by atoms with Crippen LogP contribution in [0.3, 0.4) is 0 Å². The summed E-state index contributed by atoms with van der Waals surface area (Å²) in [6.45, 7) is 3.23. The Morgan fingerprint density at radius 3 is 2.10 bits per heavy atom. The van der Waals surface area contributed by atoms with Gasteiger partial charge in [0.1, 0.15) is 5.38 Å². The molecule has 1 fully saturated rings. The second kappa shape index (κ2) is 6.91. The third-order valence-electron chi connectivity index (χ3n) is 2.94. The summed E-state index contributed by atoms with van der Waals surface area (Å²) in [7, 11) is 0. The molecule has 1 unspecified atom stereocenters. The van der Waals surface area contributed by atoms with Crippen LogP contribution in [0.4, 0.5) is 0 Å². The number of aliphatic hydroxyl groups is 1. The fourth-order valence-corrected chi connectivity index (χ4v) is 2.68. The molecule has 1 N–H and O–H groups in total. The third-order valence-corrected chi connectivity index (χ3v) is 3.77. The summed E-state index contributed by atoms with van der Waals surface area (Å²) in [4.78, 5) is 34.1. The normalized spacial score (nSPS) is 35.9. The van der Waals surface area contributed by atoms with Crippen molar-refractivity contribution in [3.05, 3.63) is 0 Å². The van der Waals surface area contributed by atoms with Crippen molar-refractivity contribution in [2.75, 3.05) is 5.88 Å². The molecule has 0 spiro atoms. The molecular formula is C12H16Cl2O7. The highest BCUT2D eigenvalue weighted by Crippen LogP contribution is 2.36. The number of hydrogen-bond donors (Lipinski definition) is 1. The number of hydrogen-bond acceptors (Lipinski definition) is 7. The van der Waals surface area contributed by atoms with E-state index in [2.05, 4.69) is 0 Å². The van der Waals surface area contributed by atoms with Crippen molar-refractivity contribution >= 4 is 40.9 Å². The molecule has 1 aliphatic heterocycles. The quantitative estimate of drug-likeness (QED) is 0.582. The number of carbonyl (C=O) groups excluding carboxylic acids is 3. The molecule has 0 aliphatic carbocycles. The lowest BCUT2D eigenvalue weighted by Crippen LogP contribution is -2.68. The molecule has 1 rings (SSSR count). The average Bonchev–Trinajstić information content (AvgIpc) is 2.36. The highest BCUT2D eigenvalue weighted by molar-refractivity contribution is 6.23. The van der Waals surface area contributed by atoms with Crippen LogP contribution in [0.15, 0.2) is 0 Å². The van der Waals surface area contributed by atoms with E-state index in [1.54, 1.807) is 0 Å². The first-order chi connectivity index (χ1) is 9.63. The fraction of sp³-hybridized carbons (Fsp3) is 0.750. The van der Waals surface area contributed by atoms with Crippen LogP contribution >= 0.6 is 23.2 Å². The molecule has 7 nitrogen and oxygen atoms in total. The average molecular weight is 343 g/mol. The van der Waals surface area contributed by atoms with Gasteiger partial charge in [-0.2, -0.15) is 0 Å². The van der Waals surface area contributed by atoms with Crippen LogP contribution in [0.25, 0.3) is 0 Å². The Bertz CT molecular complexity index is 441. The van der Waals surface area contributed by atoms with Gasteiger partial charge in [-0.15, -0.1) is 23.2 Å². The number of halogens is 2. The Hall–Kier alpha value is -0.890. The van der Waals surface area contributed by atoms with Gasteiger partial charge < -0.3 is 19.3 Å². The van der Waals surface area contributed by atoms with Crippen molar-refractivity contribution in [2.24, 2.45) is 0 Å². The van der Waals surface area contributed by atoms with E-state index in [0.29, 0.717) is 0 Å². The molecular weight excluding hydrogens is 327 g/mol. The molecule has 0 aromatic carbocycles. The summed E-state index contributed by atoms with van der Waals surface area (Å²) in [6, 6.07) is 0. The summed E-state index contributed by atoms with van der Waals surface area (Å²) in [6.07, 6.45) is -3.84. The summed E-state index contributed by atoms with van der Waals surface area (Å²) < 4.78 is 15.1. The fourth-order valence-electron chi connectivity index (χ4n) is 2.01. The van der Waals surface area contributed by atoms with Crippen molar-refractivity contribution < 1.29 is 33.7 Å². The molecule has 120 valence electrons. The molecule has 0 bridgehead atoms. The molecule has 0 aromatic rings. The van der Waals surface area contributed by atoms with Gasteiger partial charge in [0.05, 0.1) is 12.0 Å². The summed E-state index contributed by atoms with van der Waals surface area (Å²) in [5.74, 6) is -4.99. The molecule has 1 aliphatic rings. The van der Waals surface area contributed by atoms with Crippen LogP contribution in [0.2, 0.25) is 0 Å². The monoisotopic (exact) mass is 342 g/mol. The maximum Gasteiger partial charge on any atom is 0.303 e. The topological polar surface area (TPSA) is 99.1 Å². The molecule has 1 saturated heterocycles. The van der Waals surface area contributed by atoms with E-state index in [1.807, 2.05) is 0 Å². The summed E-state index contributed by atoms with van der Waals surface area (Å²) in [5, 5.41) is 9.40. The third kappa shape index (κ3) is 3.85. The molecule has 0 saturated carbocycles. The molecule has 21 heavy (non-hydrogen) atoms. The number of alkyl halides is 2. The zero-order valence-corrected chi connectivity index (χ0v) is 13.2. The maximum absolute atomic E-state index is 11.7. The SMILES string of the molecule is CC(=O)O[C@H]1[C@@H](Cl)[C@@H](CCl)OC(O)(C(C)=O)[C@@H]1OC(C)=O. The lowest BCUT2D eigenvalue weighted by molar-refractivity contribution is -0.301. The van der Waals surface area contributed by atoms with Gasteiger partial charge in [0.15, 0.2) is 11.9 Å². The molecule has 1 heterocycles. The minimum atomic E-state index is -2.49. The van der Waals surface area contributed by atoms with Crippen LogP contribution < -0.4 is 0 Å². The van der Waals surface area contributed by atoms with Crippen molar-refractivity contribution in [1.29, 1.82) is 0 Å². The van der Waals surface area contributed by atoms with E-state index in [-0.39, 0.29) is 5.88 Å². The molecule has 9 heteroatoms. The highest BCUT2D eigenvalue weighted by Gasteiger charge is 2.59. The highest BCUT2D eigenvalue weighted by atomic mass is 35.5. The predicted molar refractivity (Wildman–Crippen MR) is 72.0 cm³/mol. The van der Waals surface area contributed by atoms with E-state index in [0.717, 1.165) is 20.8 Å². The molecule has 5 atom stereocenters. The summed E-state index contributed by atoms with van der Waals surface area (Å²) >= 11 is 11.8. The van der Waals surface area contributed by atoms with Gasteiger partial charge in [0.2, 0.25) is 6.10 Å². The second-order valence-corrected chi connectivity index (χ2v) is 5.42. The molecule has 0 amide bonds. The van der Waals surface area contributed by atoms with Gasteiger partial charge >= 0.3 is 11.9 Å². The van der Waals surface area contributed by atoms with Crippen LogP contribution in [-0.4, -0.2) is 58.2 Å².